The number of nitrogens with zero attached hydrogens (tertiary/aromatic N) is 1. The van der Waals surface area contributed by atoms with E-state index in [1.807, 2.05) is 133 Å². The lowest BCUT2D eigenvalue weighted by Crippen LogP contribution is -2.62. The molecule has 1 amide bonds. The second-order valence-electron chi connectivity index (χ2n) is 17.4. The van der Waals surface area contributed by atoms with Crippen LogP contribution in [-0.4, -0.2) is 77.9 Å². The van der Waals surface area contributed by atoms with Gasteiger partial charge in [0.15, 0.2) is 0 Å². The fraction of sp³-hybridized carbons (Fsp3) is 0.500. The number of hydrogen-bond donors (Lipinski definition) is 2. The van der Waals surface area contributed by atoms with Gasteiger partial charge in [-0.05, 0) is 59.3 Å². The van der Waals surface area contributed by atoms with Crippen LogP contribution >= 0.6 is 0 Å². The number of benzene rings is 4. The highest BCUT2D eigenvalue weighted by Gasteiger charge is 2.56. The maximum absolute atomic E-state index is 14.0. The molecule has 2 heterocycles. The van der Waals surface area contributed by atoms with Gasteiger partial charge < -0.3 is 33.7 Å². The number of aliphatic hydroxyl groups is 1. The van der Waals surface area contributed by atoms with E-state index in [1.165, 1.54) is 0 Å². The molecule has 9 heteroatoms. The zero-order chi connectivity index (χ0) is 41.2. The van der Waals surface area contributed by atoms with Crippen molar-refractivity contribution in [3.63, 3.8) is 0 Å². The molecule has 10 atom stereocenters. The third kappa shape index (κ3) is 10.9. The van der Waals surface area contributed by atoms with Crippen molar-refractivity contribution >= 4 is 5.91 Å². The summed E-state index contributed by atoms with van der Waals surface area (Å²) in [5.41, 5.74) is 3.70. The highest BCUT2D eigenvalue weighted by atomic mass is 16.6. The lowest BCUT2D eigenvalue weighted by molar-refractivity contribution is -0.276. The summed E-state index contributed by atoms with van der Waals surface area (Å²) in [7, 11) is 1.94. The van der Waals surface area contributed by atoms with Crippen LogP contribution in [0.15, 0.2) is 121 Å². The third-order valence-electron chi connectivity index (χ3n) is 12.7. The molecule has 2 N–H and O–H groups in total. The van der Waals surface area contributed by atoms with Crippen LogP contribution < -0.4 is 5.32 Å². The molecule has 316 valence electrons. The van der Waals surface area contributed by atoms with Gasteiger partial charge in [0, 0.05) is 13.5 Å². The molecule has 4 aromatic carbocycles. The molecule has 1 spiro atoms. The van der Waals surface area contributed by atoms with Gasteiger partial charge in [0.1, 0.15) is 24.4 Å². The minimum Gasteiger partial charge on any atom is -0.393 e. The fourth-order valence-electron chi connectivity index (χ4n) is 9.69. The van der Waals surface area contributed by atoms with Crippen molar-refractivity contribution in [2.75, 3.05) is 13.7 Å². The summed E-state index contributed by atoms with van der Waals surface area (Å²) in [5.74, 6) is 1.29. The van der Waals surface area contributed by atoms with Crippen LogP contribution in [0.4, 0.5) is 0 Å². The molecule has 7 rings (SSSR count). The van der Waals surface area contributed by atoms with Crippen LogP contribution in [0.3, 0.4) is 0 Å². The molecular weight excluding hydrogens is 741 g/mol. The Morgan fingerprint density at radius 3 is 1.68 bits per heavy atom. The van der Waals surface area contributed by atoms with E-state index < -0.39 is 48.3 Å². The monoisotopic (exact) mass is 804 g/mol. The van der Waals surface area contributed by atoms with Crippen LogP contribution in [0.25, 0.3) is 0 Å². The maximum atomic E-state index is 14.0. The molecule has 3 fully saturated rings. The van der Waals surface area contributed by atoms with E-state index in [0.717, 1.165) is 41.5 Å². The zero-order valence-corrected chi connectivity index (χ0v) is 35.2. The molecule has 2 aliphatic heterocycles. The molecule has 0 bridgehead atoms. The third-order valence-corrected chi connectivity index (χ3v) is 12.7. The Bertz CT molecular complexity index is 1850. The first-order valence-corrected chi connectivity index (χ1v) is 21.7. The van der Waals surface area contributed by atoms with E-state index >= 15 is 0 Å². The van der Waals surface area contributed by atoms with E-state index in [2.05, 4.69) is 26.1 Å². The summed E-state index contributed by atoms with van der Waals surface area (Å²) >= 11 is 0. The number of aliphatic hydroxyl groups excluding tert-OH is 1. The average Bonchev–Trinajstić information content (AvgIpc) is 3.46. The van der Waals surface area contributed by atoms with Crippen LogP contribution in [-0.2, 0) is 54.9 Å². The lowest BCUT2D eigenvalue weighted by Gasteiger charge is -2.49. The first-order valence-electron chi connectivity index (χ1n) is 21.7. The van der Waals surface area contributed by atoms with Crippen molar-refractivity contribution in [3.05, 3.63) is 144 Å². The summed E-state index contributed by atoms with van der Waals surface area (Å²) < 4.78 is 34.0. The first kappa shape index (κ1) is 43.2. The molecule has 0 radical (unpaired) electrons. The summed E-state index contributed by atoms with van der Waals surface area (Å²) in [4.78, 5) is 16.0. The van der Waals surface area contributed by atoms with Gasteiger partial charge in [0.05, 0.1) is 56.9 Å². The van der Waals surface area contributed by atoms with Crippen LogP contribution in [0, 0.1) is 17.8 Å². The largest absolute Gasteiger partial charge is 0.393 e. The highest BCUT2D eigenvalue weighted by Crippen LogP contribution is 2.46. The van der Waals surface area contributed by atoms with E-state index in [0.29, 0.717) is 44.2 Å². The number of rotatable bonds is 18. The highest BCUT2D eigenvalue weighted by molar-refractivity contribution is 5.85. The van der Waals surface area contributed by atoms with Gasteiger partial charge in [-0.1, -0.05) is 149 Å². The SMILES string of the molecule is CC(C)[C@@H]1CC[C@@H](C)C[C@@]12N[C@H](C[C@H](O)C[C@@H]1O[C@H](COCc3ccccc3)[C@@H](OCc3ccccc3)[C@H](OCc3ccccc3)[C@H]1OCc1ccccc1)C(=O)N2C. The van der Waals surface area contributed by atoms with Crippen molar-refractivity contribution < 1.29 is 33.6 Å². The predicted octanol–water partition coefficient (Wildman–Crippen LogP) is 8.09. The van der Waals surface area contributed by atoms with E-state index in [1.54, 1.807) is 0 Å². The van der Waals surface area contributed by atoms with Crippen molar-refractivity contribution in [2.24, 2.45) is 17.8 Å². The van der Waals surface area contributed by atoms with Gasteiger partial charge in [-0.25, -0.2) is 0 Å². The van der Waals surface area contributed by atoms with Gasteiger partial charge in [0.25, 0.3) is 0 Å². The fourth-order valence-corrected chi connectivity index (χ4v) is 9.69. The van der Waals surface area contributed by atoms with Crippen LogP contribution in [0.2, 0.25) is 0 Å². The Balaban J connectivity index is 1.17. The Labute approximate surface area is 351 Å². The number of nitrogens with one attached hydrogen (secondary N) is 1. The topological polar surface area (TPSA) is 98.7 Å². The zero-order valence-electron chi connectivity index (χ0n) is 35.2. The van der Waals surface area contributed by atoms with Crippen LogP contribution in [0.5, 0.6) is 0 Å². The van der Waals surface area contributed by atoms with Gasteiger partial charge in [0.2, 0.25) is 5.91 Å². The minimum absolute atomic E-state index is 0.0378. The number of carbonyl (C=O) groups is 1. The molecule has 2 saturated heterocycles. The van der Waals surface area contributed by atoms with E-state index in [4.69, 9.17) is 23.7 Å². The van der Waals surface area contributed by atoms with Crippen molar-refractivity contribution in [1.82, 2.24) is 10.2 Å². The Kier molecular flexibility index (Phi) is 15.0. The molecule has 59 heavy (non-hydrogen) atoms. The van der Waals surface area contributed by atoms with Crippen molar-refractivity contribution in [1.29, 1.82) is 0 Å². The molecule has 1 aliphatic carbocycles. The summed E-state index contributed by atoms with van der Waals surface area (Å²) in [6.45, 7) is 8.43. The Morgan fingerprint density at radius 2 is 1.17 bits per heavy atom. The smallest absolute Gasteiger partial charge is 0.241 e. The van der Waals surface area contributed by atoms with Gasteiger partial charge >= 0.3 is 0 Å². The molecule has 4 aromatic rings. The second kappa shape index (κ2) is 20.6. The van der Waals surface area contributed by atoms with Gasteiger partial charge in [-0.2, -0.15) is 0 Å². The summed E-state index contributed by atoms with van der Waals surface area (Å²) in [6, 6.07) is 39.8. The normalized spacial score (nSPS) is 29.0. The number of carbonyl (C=O) groups excluding carboxylic acids is 1. The molecule has 0 aromatic heterocycles. The minimum atomic E-state index is -0.867. The lowest BCUT2D eigenvalue weighted by atomic mass is 9.69. The number of amides is 1. The predicted molar refractivity (Wildman–Crippen MR) is 229 cm³/mol. The molecule has 3 aliphatic rings. The van der Waals surface area contributed by atoms with Gasteiger partial charge in [-0.15, -0.1) is 0 Å². The molecule has 9 nitrogen and oxygen atoms in total. The molecular formula is C50H64N2O7. The summed E-state index contributed by atoms with van der Waals surface area (Å²) in [5, 5.41) is 15.9. The summed E-state index contributed by atoms with van der Waals surface area (Å²) in [6.07, 6.45) is -0.171. The average molecular weight is 805 g/mol. The standard InChI is InChI=1S/C50H64N2O7/c1-35(2)42-26-25-36(3)29-50(42)51-43(49(54)52(50)4)27-41(53)28-44-46(56-31-38-19-11-6-12-20-38)48(58-33-40-23-15-8-16-24-40)47(57-32-39-21-13-7-14-22-39)45(59-44)34-55-30-37-17-9-5-10-18-37/h5-24,35-36,41-48,51,53H,25-34H2,1-4H3/t36-,41+,42+,43-,44+,45-,46+,47-,48-,50+/m1/s1. The molecule has 0 unspecified atom stereocenters. The first-order chi connectivity index (χ1) is 28.7. The van der Waals surface area contributed by atoms with Crippen molar-refractivity contribution in [2.45, 2.75) is 128 Å². The number of hydrogen-bond acceptors (Lipinski definition) is 8. The van der Waals surface area contributed by atoms with Crippen LogP contribution in [0.1, 0.15) is 75.1 Å². The Hall–Kier alpha value is -3.93. The maximum Gasteiger partial charge on any atom is 0.241 e. The van der Waals surface area contributed by atoms with Gasteiger partial charge in [-0.3, -0.25) is 10.1 Å². The molecule has 1 saturated carbocycles. The Morgan fingerprint density at radius 1 is 0.695 bits per heavy atom. The second-order valence-corrected chi connectivity index (χ2v) is 17.4. The number of ether oxygens (including phenoxy) is 5. The van der Waals surface area contributed by atoms with E-state index in [-0.39, 0.29) is 25.4 Å². The number of likely N-dealkylation sites (N-methyl/N-ethyl adjacent to an activating group) is 1. The van der Waals surface area contributed by atoms with E-state index in [9.17, 15) is 9.90 Å². The quantitative estimate of drug-likeness (QED) is 0.104. The van der Waals surface area contributed by atoms with Crippen molar-refractivity contribution in [3.8, 4) is 0 Å².